The molecule has 0 radical (unpaired) electrons. The number of guanidine groups is 1. The second-order valence-corrected chi connectivity index (χ2v) is 7.22. The third kappa shape index (κ3) is 5.96. The first kappa shape index (κ1) is 20.1. The zero-order valence-electron chi connectivity index (χ0n) is 16.4. The summed E-state index contributed by atoms with van der Waals surface area (Å²) in [5.74, 6) is -0.312. The molecule has 0 saturated carbocycles. The highest BCUT2D eigenvalue weighted by atomic mass is 19.1. The lowest BCUT2D eigenvalue weighted by molar-refractivity contribution is 0.221. The fourth-order valence-corrected chi connectivity index (χ4v) is 3.39. The number of phenolic OH excluding ortho intramolecular Hbond substituents is 1. The summed E-state index contributed by atoms with van der Waals surface area (Å²) in [5, 5.41) is 15.7. The molecule has 1 aliphatic heterocycles. The van der Waals surface area contributed by atoms with Crippen molar-refractivity contribution >= 4 is 5.96 Å². The average molecular weight is 384 g/mol. The van der Waals surface area contributed by atoms with Crippen molar-refractivity contribution in [2.45, 2.75) is 38.9 Å². The molecule has 0 aliphatic carbocycles. The quantitative estimate of drug-likeness (QED) is 0.528. The third-order valence-electron chi connectivity index (χ3n) is 5.03. The zero-order chi connectivity index (χ0) is 19.8. The Morgan fingerprint density at radius 3 is 2.21 bits per heavy atom. The summed E-state index contributed by atoms with van der Waals surface area (Å²) in [6, 6.07) is 13.0. The van der Waals surface area contributed by atoms with Crippen molar-refractivity contribution in [3.8, 4) is 5.75 Å². The summed E-state index contributed by atoms with van der Waals surface area (Å²) < 4.78 is 13.4. The molecule has 2 aromatic carbocycles. The lowest BCUT2D eigenvalue weighted by Gasteiger charge is -2.26. The number of hydrogen-bond donors (Lipinski definition) is 3. The molecule has 3 N–H and O–H groups in total. The van der Waals surface area contributed by atoms with Gasteiger partial charge in [0.05, 0.1) is 0 Å². The van der Waals surface area contributed by atoms with Crippen molar-refractivity contribution in [1.82, 2.24) is 15.5 Å². The van der Waals surface area contributed by atoms with Crippen LogP contribution in [0.25, 0.3) is 0 Å². The molecule has 2 aromatic rings. The van der Waals surface area contributed by atoms with Gasteiger partial charge in [-0.1, -0.05) is 36.8 Å². The van der Waals surface area contributed by atoms with Crippen molar-refractivity contribution in [2.24, 2.45) is 4.99 Å². The molecule has 1 fully saturated rings. The fraction of sp³-hybridized carbons (Fsp3) is 0.409. The highest BCUT2D eigenvalue weighted by Crippen LogP contribution is 2.16. The van der Waals surface area contributed by atoms with Crippen LogP contribution in [0.4, 0.5) is 4.39 Å². The van der Waals surface area contributed by atoms with Crippen molar-refractivity contribution < 1.29 is 9.50 Å². The Morgan fingerprint density at radius 2 is 1.57 bits per heavy atom. The summed E-state index contributed by atoms with van der Waals surface area (Å²) in [4.78, 5) is 6.72. The number of aromatic hydroxyl groups is 1. The van der Waals surface area contributed by atoms with E-state index >= 15 is 0 Å². The van der Waals surface area contributed by atoms with Gasteiger partial charge >= 0.3 is 0 Å². The van der Waals surface area contributed by atoms with E-state index in [1.807, 2.05) is 0 Å². The van der Waals surface area contributed by atoms with Gasteiger partial charge in [-0.2, -0.15) is 0 Å². The van der Waals surface area contributed by atoms with Crippen LogP contribution in [0.3, 0.4) is 0 Å². The number of likely N-dealkylation sites (tertiary alicyclic amines) is 1. The van der Waals surface area contributed by atoms with Crippen molar-refractivity contribution in [3.63, 3.8) is 0 Å². The second kappa shape index (κ2) is 10.1. The molecule has 5 nitrogen and oxygen atoms in total. The minimum absolute atomic E-state index is 0.338. The van der Waals surface area contributed by atoms with Crippen LogP contribution in [-0.2, 0) is 19.6 Å². The summed E-state index contributed by atoms with van der Waals surface area (Å²) in [7, 11) is 1.70. The maximum atomic E-state index is 13.4. The molecular formula is C22H29FN4O. The lowest BCUT2D eigenvalue weighted by Crippen LogP contribution is -2.36. The number of benzene rings is 2. The number of piperidine rings is 1. The van der Waals surface area contributed by atoms with Crippen LogP contribution in [-0.4, -0.2) is 36.1 Å². The Hall–Kier alpha value is -2.60. The fourth-order valence-electron chi connectivity index (χ4n) is 3.39. The average Bonchev–Trinajstić information content (AvgIpc) is 2.72. The molecular weight excluding hydrogens is 355 g/mol. The van der Waals surface area contributed by atoms with E-state index in [0.717, 1.165) is 12.1 Å². The molecule has 3 rings (SSSR count). The van der Waals surface area contributed by atoms with Crippen LogP contribution in [0.5, 0.6) is 5.75 Å². The second-order valence-electron chi connectivity index (χ2n) is 7.22. The standard InChI is InChI=1S/C22H29FN4O/c1-24-22(26-15-19-9-10-21(28)20(23)13-19)25-14-17-5-7-18(8-6-17)16-27-11-3-2-4-12-27/h5-10,13,28H,2-4,11-12,14-16H2,1H3,(H2,24,25,26). The Balaban J connectivity index is 1.45. The van der Waals surface area contributed by atoms with Gasteiger partial charge < -0.3 is 15.7 Å². The largest absolute Gasteiger partial charge is 0.505 e. The minimum Gasteiger partial charge on any atom is -0.505 e. The molecule has 6 heteroatoms. The molecule has 0 amide bonds. The molecule has 1 aliphatic rings. The van der Waals surface area contributed by atoms with Gasteiger partial charge in [-0.15, -0.1) is 0 Å². The van der Waals surface area contributed by atoms with Crippen LogP contribution >= 0.6 is 0 Å². The van der Waals surface area contributed by atoms with Gasteiger partial charge in [-0.25, -0.2) is 4.39 Å². The number of nitrogens with zero attached hydrogens (tertiary/aromatic N) is 2. The van der Waals surface area contributed by atoms with Gasteiger partial charge in [0.25, 0.3) is 0 Å². The van der Waals surface area contributed by atoms with E-state index in [1.54, 1.807) is 13.1 Å². The number of hydrogen-bond acceptors (Lipinski definition) is 3. The number of aliphatic imine (C=N–C) groups is 1. The number of phenols is 1. The zero-order valence-corrected chi connectivity index (χ0v) is 16.4. The maximum Gasteiger partial charge on any atom is 0.191 e. The first-order chi connectivity index (χ1) is 13.6. The Kier molecular flexibility index (Phi) is 7.25. The Labute approximate surface area is 166 Å². The highest BCUT2D eigenvalue weighted by molar-refractivity contribution is 5.79. The predicted molar refractivity (Wildman–Crippen MR) is 111 cm³/mol. The first-order valence-corrected chi connectivity index (χ1v) is 9.86. The van der Waals surface area contributed by atoms with Gasteiger partial charge in [0.1, 0.15) is 0 Å². The van der Waals surface area contributed by atoms with E-state index in [4.69, 9.17) is 0 Å². The molecule has 0 unspecified atom stereocenters. The van der Waals surface area contributed by atoms with Crippen molar-refractivity contribution in [2.75, 3.05) is 20.1 Å². The molecule has 28 heavy (non-hydrogen) atoms. The number of halogens is 1. The van der Waals surface area contributed by atoms with E-state index in [9.17, 15) is 9.50 Å². The number of nitrogens with one attached hydrogen (secondary N) is 2. The van der Waals surface area contributed by atoms with E-state index in [2.05, 4.69) is 44.8 Å². The highest BCUT2D eigenvalue weighted by Gasteiger charge is 2.10. The van der Waals surface area contributed by atoms with E-state index in [-0.39, 0.29) is 5.75 Å². The van der Waals surface area contributed by atoms with E-state index in [0.29, 0.717) is 19.0 Å². The lowest BCUT2D eigenvalue weighted by atomic mass is 10.1. The van der Waals surface area contributed by atoms with E-state index in [1.165, 1.54) is 55.6 Å². The molecule has 1 saturated heterocycles. The molecule has 0 spiro atoms. The maximum absolute atomic E-state index is 13.4. The topological polar surface area (TPSA) is 59.9 Å². The predicted octanol–water partition coefficient (Wildman–Crippen LogP) is 3.38. The van der Waals surface area contributed by atoms with Gasteiger partial charge in [0, 0.05) is 26.7 Å². The smallest absolute Gasteiger partial charge is 0.191 e. The SMILES string of the molecule is CN=C(NCc1ccc(CN2CCCCC2)cc1)NCc1ccc(O)c(F)c1. The summed E-state index contributed by atoms with van der Waals surface area (Å²) in [6.07, 6.45) is 3.98. The van der Waals surface area contributed by atoms with Crippen molar-refractivity contribution in [3.05, 3.63) is 65.0 Å². The Morgan fingerprint density at radius 1 is 0.964 bits per heavy atom. The van der Waals surface area contributed by atoms with Crippen LogP contribution in [0.15, 0.2) is 47.5 Å². The molecule has 0 bridgehead atoms. The monoisotopic (exact) mass is 384 g/mol. The summed E-state index contributed by atoms with van der Waals surface area (Å²) >= 11 is 0. The van der Waals surface area contributed by atoms with Gasteiger partial charge in [0.2, 0.25) is 0 Å². The van der Waals surface area contributed by atoms with Crippen LogP contribution in [0.1, 0.15) is 36.0 Å². The first-order valence-electron chi connectivity index (χ1n) is 9.86. The van der Waals surface area contributed by atoms with Gasteiger partial charge in [-0.3, -0.25) is 9.89 Å². The molecule has 150 valence electrons. The van der Waals surface area contributed by atoms with E-state index < -0.39 is 5.82 Å². The Bertz CT molecular complexity index is 786. The minimum atomic E-state index is -0.619. The molecule has 0 aromatic heterocycles. The van der Waals surface area contributed by atoms with Crippen LogP contribution < -0.4 is 10.6 Å². The number of rotatable bonds is 6. The summed E-state index contributed by atoms with van der Waals surface area (Å²) in [6.45, 7) is 4.52. The van der Waals surface area contributed by atoms with Gasteiger partial charge in [0.15, 0.2) is 17.5 Å². The molecule has 1 heterocycles. The normalized spacial score (nSPS) is 15.4. The van der Waals surface area contributed by atoms with Crippen LogP contribution in [0.2, 0.25) is 0 Å². The van der Waals surface area contributed by atoms with Crippen LogP contribution in [0, 0.1) is 5.82 Å². The summed E-state index contributed by atoms with van der Waals surface area (Å²) in [5.41, 5.74) is 3.27. The third-order valence-corrected chi connectivity index (χ3v) is 5.03. The molecule has 0 atom stereocenters. The van der Waals surface area contributed by atoms with Crippen molar-refractivity contribution in [1.29, 1.82) is 0 Å². The van der Waals surface area contributed by atoms with Gasteiger partial charge in [-0.05, 0) is 54.8 Å².